The van der Waals surface area contributed by atoms with Crippen LogP contribution in [-0.2, 0) is 0 Å². The number of hydrogen-bond acceptors (Lipinski definition) is 0. The molecule has 0 N–H and O–H groups in total. The van der Waals surface area contributed by atoms with E-state index in [1.165, 1.54) is 29.2 Å². The van der Waals surface area contributed by atoms with Gasteiger partial charge < -0.3 is 0 Å². The molecule has 0 radical (unpaired) electrons. The van der Waals surface area contributed by atoms with Crippen LogP contribution in [0.3, 0.4) is 0 Å². The molecule has 0 bridgehead atoms. The van der Waals surface area contributed by atoms with Gasteiger partial charge in [0, 0.05) is 0 Å². The third-order valence-electron chi connectivity index (χ3n) is 3.17. The normalized spacial score (nSPS) is 16.1. The largest absolute Gasteiger partial charge is 0.0616 e. The van der Waals surface area contributed by atoms with Crippen LogP contribution >= 0.6 is 0 Å². The van der Waals surface area contributed by atoms with Crippen LogP contribution in [0.25, 0.3) is 10.8 Å². The molecule has 0 nitrogen and oxygen atoms in total. The zero-order chi connectivity index (χ0) is 9.54. The maximum absolute atomic E-state index is 2.26. The predicted molar refractivity (Wildman–Crippen MR) is 60.7 cm³/mol. The second-order valence-corrected chi connectivity index (χ2v) is 4.29. The fourth-order valence-corrected chi connectivity index (χ4v) is 2.32. The second-order valence-electron chi connectivity index (χ2n) is 4.29. The first-order chi connectivity index (χ1) is 6.86. The van der Waals surface area contributed by atoms with E-state index in [1.54, 1.807) is 5.56 Å². The maximum atomic E-state index is 2.26. The highest BCUT2D eigenvalue weighted by Crippen LogP contribution is 2.44. The summed E-state index contributed by atoms with van der Waals surface area (Å²) in [4.78, 5) is 0. The summed E-state index contributed by atoms with van der Waals surface area (Å²) in [6.45, 7) is 2.24. The van der Waals surface area contributed by atoms with Crippen LogP contribution in [0.5, 0.6) is 0 Å². The lowest BCUT2D eigenvalue weighted by Crippen LogP contribution is -1.87. The highest BCUT2D eigenvalue weighted by Gasteiger charge is 2.26. The summed E-state index contributed by atoms with van der Waals surface area (Å²) in [5.74, 6) is 0.848. The molecule has 1 aliphatic carbocycles. The Hall–Kier alpha value is -1.30. The van der Waals surface area contributed by atoms with E-state index in [0.717, 1.165) is 5.92 Å². The van der Waals surface area contributed by atoms with Crippen LogP contribution in [0.15, 0.2) is 36.4 Å². The third-order valence-corrected chi connectivity index (χ3v) is 3.17. The molecule has 0 atom stereocenters. The molecule has 70 valence electrons. The molecule has 0 spiro atoms. The molecule has 0 unspecified atom stereocenters. The van der Waals surface area contributed by atoms with Gasteiger partial charge in [0.1, 0.15) is 0 Å². The molecule has 1 aliphatic rings. The standard InChI is InChI=1S/C14H14/c1-10-6-7-11-4-2-3-5-13(11)14(10)12-8-9-12/h2-7,12H,8-9H2,1H3. The van der Waals surface area contributed by atoms with E-state index in [-0.39, 0.29) is 0 Å². The second kappa shape index (κ2) is 2.84. The van der Waals surface area contributed by atoms with Crippen molar-refractivity contribution < 1.29 is 0 Å². The molecule has 0 aromatic heterocycles. The van der Waals surface area contributed by atoms with Crippen molar-refractivity contribution in [2.45, 2.75) is 25.7 Å². The first-order valence-corrected chi connectivity index (χ1v) is 5.34. The summed E-state index contributed by atoms with van der Waals surface area (Å²) < 4.78 is 0. The van der Waals surface area contributed by atoms with E-state index in [2.05, 4.69) is 43.3 Å². The average Bonchev–Trinajstić information content (AvgIpc) is 3.01. The van der Waals surface area contributed by atoms with Crippen molar-refractivity contribution in [3.63, 3.8) is 0 Å². The Kier molecular flexibility index (Phi) is 1.63. The van der Waals surface area contributed by atoms with Gasteiger partial charge in [0.25, 0.3) is 0 Å². The Morgan fingerprint density at radius 1 is 1.00 bits per heavy atom. The molecule has 0 saturated heterocycles. The van der Waals surface area contributed by atoms with E-state index in [4.69, 9.17) is 0 Å². The van der Waals surface area contributed by atoms with E-state index in [0.29, 0.717) is 0 Å². The zero-order valence-electron chi connectivity index (χ0n) is 8.46. The molecular formula is C14H14. The number of rotatable bonds is 1. The van der Waals surface area contributed by atoms with Gasteiger partial charge in [0.05, 0.1) is 0 Å². The highest BCUT2D eigenvalue weighted by molar-refractivity contribution is 5.87. The number of aryl methyl sites for hydroxylation is 1. The molecule has 0 aliphatic heterocycles. The molecule has 0 heteroatoms. The van der Waals surface area contributed by atoms with Crippen molar-refractivity contribution in [2.24, 2.45) is 0 Å². The molecule has 1 fully saturated rings. The van der Waals surface area contributed by atoms with Gasteiger partial charge in [-0.15, -0.1) is 0 Å². The van der Waals surface area contributed by atoms with Crippen LogP contribution in [0.2, 0.25) is 0 Å². The Bertz CT molecular complexity index is 478. The minimum absolute atomic E-state index is 0.848. The lowest BCUT2D eigenvalue weighted by molar-refractivity contribution is 1.12. The monoisotopic (exact) mass is 182 g/mol. The van der Waals surface area contributed by atoms with Crippen LogP contribution < -0.4 is 0 Å². The Morgan fingerprint density at radius 3 is 2.57 bits per heavy atom. The maximum Gasteiger partial charge on any atom is -0.0146 e. The summed E-state index contributed by atoms with van der Waals surface area (Å²) in [6.07, 6.45) is 2.77. The van der Waals surface area contributed by atoms with Gasteiger partial charge in [-0.25, -0.2) is 0 Å². The van der Waals surface area contributed by atoms with Gasteiger partial charge in [-0.3, -0.25) is 0 Å². The fraction of sp³-hybridized carbons (Fsp3) is 0.286. The Morgan fingerprint density at radius 2 is 1.79 bits per heavy atom. The minimum Gasteiger partial charge on any atom is -0.0616 e. The first kappa shape index (κ1) is 8.05. The van der Waals surface area contributed by atoms with Gasteiger partial charge in [0.2, 0.25) is 0 Å². The van der Waals surface area contributed by atoms with Crippen molar-refractivity contribution in [2.75, 3.05) is 0 Å². The molecule has 0 heterocycles. The molecule has 3 rings (SSSR count). The summed E-state index contributed by atoms with van der Waals surface area (Å²) in [7, 11) is 0. The molecule has 2 aromatic carbocycles. The lowest BCUT2D eigenvalue weighted by Gasteiger charge is -2.08. The topological polar surface area (TPSA) is 0 Å². The molecule has 14 heavy (non-hydrogen) atoms. The van der Waals surface area contributed by atoms with Gasteiger partial charge in [-0.1, -0.05) is 36.4 Å². The summed E-state index contributed by atoms with van der Waals surface area (Å²) in [5.41, 5.74) is 3.06. The van der Waals surface area contributed by atoms with Crippen LogP contribution in [0.1, 0.15) is 29.9 Å². The van der Waals surface area contributed by atoms with E-state index < -0.39 is 0 Å². The predicted octanol–water partition coefficient (Wildman–Crippen LogP) is 4.03. The van der Waals surface area contributed by atoms with Crippen LogP contribution in [0.4, 0.5) is 0 Å². The van der Waals surface area contributed by atoms with E-state index in [9.17, 15) is 0 Å². The van der Waals surface area contributed by atoms with Crippen molar-refractivity contribution in [1.82, 2.24) is 0 Å². The smallest absolute Gasteiger partial charge is 0.0146 e. The highest BCUT2D eigenvalue weighted by atomic mass is 14.3. The van der Waals surface area contributed by atoms with Crippen molar-refractivity contribution in [3.05, 3.63) is 47.5 Å². The van der Waals surface area contributed by atoms with E-state index in [1.807, 2.05) is 0 Å². The van der Waals surface area contributed by atoms with Crippen LogP contribution in [0, 0.1) is 6.92 Å². The Labute approximate surface area is 84.6 Å². The first-order valence-electron chi connectivity index (χ1n) is 5.34. The fourth-order valence-electron chi connectivity index (χ4n) is 2.32. The van der Waals surface area contributed by atoms with Gasteiger partial charge in [-0.2, -0.15) is 0 Å². The van der Waals surface area contributed by atoms with Gasteiger partial charge in [0.15, 0.2) is 0 Å². The number of benzene rings is 2. The lowest BCUT2D eigenvalue weighted by atomic mass is 9.96. The van der Waals surface area contributed by atoms with Crippen molar-refractivity contribution in [1.29, 1.82) is 0 Å². The number of fused-ring (bicyclic) bond motifs is 1. The summed E-state index contributed by atoms with van der Waals surface area (Å²) >= 11 is 0. The quantitative estimate of drug-likeness (QED) is 0.624. The zero-order valence-corrected chi connectivity index (χ0v) is 8.46. The van der Waals surface area contributed by atoms with E-state index >= 15 is 0 Å². The summed E-state index contributed by atoms with van der Waals surface area (Å²) in [5, 5.41) is 2.86. The minimum atomic E-state index is 0.848. The molecule has 2 aromatic rings. The van der Waals surface area contributed by atoms with Crippen molar-refractivity contribution in [3.8, 4) is 0 Å². The number of hydrogen-bond donors (Lipinski definition) is 0. The SMILES string of the molecule is Cc1ccc2ccccc2c1C1CC1. The molecule has 0 amide bonds. The molecule has 1 saturated carbocycles. The summed E-state index contributed by atoms with van der Waals surface area (Å²) in [6, 6.07) is 13.2. The third kappa shape index (κ3) is 1.14. The van der Waals surface area contributed by atoms with Crippen LogP contribution in [-0.4, -0.2) is 0 Å². The average molecular weight is 182 g/mol. The molecular weight excluding hydrogens is 168 g/mol. The Balaban J connectivity index is 2.37. The van der Waals surface area contributed by atoms with Crippen molar-refractivity contribution >= 4 is 10.8 Å². The van der Waals surface area contributed by atoms with Gasteiger partial charge in [-0.05, 0) is 47.6 Å². The van der Waals surface area contributed by atoms with Gasteiger partial charge >= 0.3 is 0 Å².